The second-order valence-electron chi connectivity index (χ2n) is 5.33. The second kappa shape index (κ2) is 7.15. The molecule has 0 aliphatic carbocycles. The summed E-state index contributed by atoms with van der Waals surface area (Å²) in [5.41, 5.74) is 0. The van der Waals surface area contributed by atoms with E-state index in [0.29, 0.717) is 11.8 Å². The van der Waals surface area contributed by atoms with Gasteiger partial charge in [-0.2, -0.15) is 0 Å². The van der Waals surface area contributed by atoms with E-state index >= 15 is 0 Å². The number of carboxylic acid groups (broad SMARTS) is 1. The van der Waals surface area contributed by atoms with Gasteiger partial charge in [-0.1, -0.05) is 19.8 Å². The van der Waals surface area contributed by atoms with Crippen molar-refractivity contribution < 1.29 is 19.1 Å². The van der Waals surface area contributed by atoms with Gasteiger partial charge in [0.25, 0.3) is 0 Å². The van der Waals surface area contributed by atoms with Crippen molar-refractivity contribution in [2.24, 2.45) is 0 Å². The molecule has 1 atom stereocenters. The van der Waals surface area contributed by atoms with Gasteiger partial charge in [0, 0.05) is 12.6 Å². The predicted molar refractivity (Wildman–Crippen MR) is 77.2 cm³/mol. The van der Waals surface area contributed by atoms with Crippen LogP contribution in [0, 0.1) is 0 Å². The molecule has 6 heteroatoms. The summed E-state index contributed by atoms with van der Waals surface area (Å²) < 4.78 is 5.13. The van der Waals surface area contributed by atoms with Crippen LogP contribution in [0.25, 0.3) is 0 Å². The third kappa shape index (κ3) is 4.00. The fourth-order valence-corrected chi connectivity index (χ4v) is 2.72. The minimum atomic E-state index is -1.11. The molecule has 1 saturated heterocycles. The maximum absolute atomic E-state index is 12.3. The lowest BCUT2D eigenvalue weighted by atomic mass is 10.1. The summed E-state index contributed by atoms with van der Waals surface area (Å²) in [5.74, 6) is -0.768. The number of rotatable bonds is 4. The van der Waals surface area contributed by atoms with Crippen molar-refractivity contribution in [3.8, 4) is 0 Å². The van der Waals surface area contributed by atoms with Gasteiger partial charge in [0.05, 0.1) is 6.54 Å². The Labute approximate surface area is 124 Å². The van der Waals surface area contributed by atoms with Crippen molar-refractivity contribution in [1.29, 1.82) is 0 Å². The maximum Gasteiger partial charge on any atom is 0.371 e. The van der Waals surface area contributed by atoms with Crippen LogP contribution in [0.5, 0.6) is 0 Å². The molecule has 1 aromatic heterocycles. The maximum atomic E-state index is 12.3. The molecule has 0 spiro atoms. The summed E-state index contributed by atoms with van der Waals surface area (Å²) >= 11 is 0. The lowest BCUT2D eigenvalue weighted by Gasteiger charge is -2.29. The minimum Gasteiger partial charge on any atom is -0.475 e. The van der Waals surface area contributed by atoms with Gasteiger partial charge in [0.1, 0.15) is 5.76 Å². The van der Waals surface area contributed by atoms with Gasteiger partial charge < -0.3 is 19.7 Å². The van der Waals surface area contributed by atoms with Gasteiger partial charge in [0.15, 0.2) is 0 Å². The van der Waals surface area contributed by atoms with E-state index in [-0.39, 0.29) is 18.3 Å². The van der Waals surface area contributed by atoms with Crippen molar-refractivity contribution in [1.82, 2.24) is 10.2 Å². The van der Waals surface area contributed by atoms with E-state index in [1.807, 2.05) is 4.90 Å². The molecule has 1 aliphatic rings. The predicted octanol–water partition coefficient (Wildman–Crippen LogP) is 2.84. The van der Waals surface area contributed by atoms with Gasteiger partial charge >= 0.3 is 12.0 Å². The number of furan rings is 1. The number of carbonyl (C=O) groups excluding carboxylic acids is 1. The number of aromatic carboxylic acids is 1. The smallest absolute Gasteiger partial charge is 0.371 e. The Hall–Kier alpha value is -1.98. The first-order chi connectivity index (χ1) is 10.1. The number of carboxylic acids is 1. The van der Waals surface area contributed by atoms with Crippen LogP contribution < -0.4 is 5.32 Å². The van der Waals surface area contributed by atoms with Crippen LogP contribution in [-0.4, -0.2) is 34.6 Å². The zero-order valence-electron chi connectivity index (χ0n) is 12.3. The SMILES string of the molecule is CCC1CCCCCN1C(=O)NCc1ccc(C(=O)O)o1. The lowest BCUT2D eigenvalue weighted by Crippen LogP contribution is -2.45. The number of hydrogen-bond acceptors (Lipinski definition) is 3. The lowest BCUT2D eigenvalue weighted by molar-refractivity contribution is 0.0660. The topological polar surface area (TPSA) is 82.8 Å². The van der Waals surface area contributed by atoms with Crippen LogP contribution in [0.3, 0.4) is 0 Å². The summed E-state index contributed by atoms with van der Waals surface area (Å²) in [6.45, 7) is 3.09. The summed E-state index contributed by atoms with van der Waals surface area (Å²) in [4.78, 5) is 24.9. The zero-order chi connectivity index (χ0) is 15.2. The Morgan fingerprint density at radius 1 is 1.38 bits per heavy atom. The second-order valence-corrected chi connectivity index (χ2v) is 5.33. The van der Waals surface area contributed by atoms with Crippen LogP contribution in [-0.2, 0) is 6.54 Å². The average molecular weight is 294 g/mol. The summed E-state index contributed by atoms with van der Waals surface area (Å²) in [6.07, 6.45) is 5.38. The molecule has 0 radical (unpaired) electrons. The van der Waals surface area contributed by atoms with Crippen LogP contribution in [0.2, 0.25) is 0 Å². The van der Waals surface area contributed by atoms with E-state index in [9.17, 15) is 9.59 Å². The van der Waals surface area contributed by atoms with Gasteiger partial charge in [0.2, 0.25) is 5.76 Å². The van der Waals surface area contributed by atoms with Gasteiger partial charge in [-0.3, -0.25) is 0 Å². The molecule has 116 valence electrons. The molecule has 0 aromatic carbocycles. The number of carbonyl (C=O) groups is 2. The summed E-state index contributed by atoms with van der Waals surface area (Å²) in [5, 5.41) is 11.6. The Bertz CT molecular complexity index is 498. The third-order valence-electron chi connectivity index (χ3n) is 3.90. The fourth-order valence-electron chi connectivity index (χ4n) is 2.72. The van der Waals surface area contributed by atoms with Crippen LogP contribution >= 0.6 is 0 Å². The first-order valence-electron chi connectivity index (χ1n) is 7.48. The molecule has 0 bridgehead atoms. The highest BCUT2D eigenvalue weighted by atomic mass is 16.4. The van der Waals surface area contributed by atoms with Crippen molar-refractivity contribution in [3.63, 3.8) is 0 Å². The first kappa shape index (κ1) is 15.4. The van der Waals surface area contributed by atoms with Crippen molar-refractivity contribution in [3.05, 3.63) is 23.7 Å². The summed E-state index contributed by atoms with van der Waals surface area (Å²) in [7, 11) is 0. The third-order valence-corrected chi connectivity index (χ3v) is 3.90. The largest absolute Gasteiger partial charge is 0.475 e. The zero-order valence-corrected chi connectivity index (χ0v) is 12.3. The van der Waals surface area contributed by atoms with E-state index in [1.54, 1.807) is 6.07 Å². The standard InChI is InChI=1S/C15H22N2O4/c1-2-11-6-4-3-5-9-17(11)15(20)16-10-12-7-8-13(21-12)14(18)19/h7-8,11H,2-6,9-10H2,1H3,(H,16,20)(H,18,19). The number of nitrogens with one attached hydrogen (secondary N) is 1. The fraction of sp³-hybridized carbons (Fsp3) is 0.600. The normalized spacial score (nSPS) is 19.1. The number of likely N-dealkylation sites (tertiary alicyclic amines) is 1. The molecule has 21 heavy (non-hydrogen) atoms. The molecule has 2 heterocycles. The Balaban J connectivity index is 1.91. The highest BCUT2D eigenvalue weighted by molar-refractivity contribution is 5.84. The van der Waals surface area contributed by atoms with Crippen molar-refractivity contribution in [2.75, 3.05) is 6.54 Å². The van der Waals surface area contributed by atoms with E-state index in [0.717, 1.165) is 25.8 Å². The van der Waals surface area contributed by atoms with Gasteiger partial charge in [-0.25, -0.2) is 9.59 Å². The Kier molecular flexibility index (Phi) is 5.25. The number of urea groups is 1. The average Bonchev–Trinajstić information content (AvgIpc) is 2.82. The monoisotopic (exact) mass is 294 g/mol. The Morgan fingerprint density at radius 2 is 2.19 bits per heavy atom. The molecule has 2 N–H and O–H groups in total. The number of hydrogen-bond donors (Lipinski definition) is 2. The van der Waals surface area contributed by atoms with E-state index in [2.05, 4.69) is 12.2 Å². The number of amides is 2. The molecule has 0 saturated carbocycles. The van der Waals surface area contributed by atoms with Crippen LogP contribution in [0.15, 0.2) is 16.5 Å². The minimum absolute atomic E-state index is 0.1000. The van der Waals surface area contributed by atoms with E-state index in [4.69, 9.17) is 9.52 Å². The van der Waals surface area contributed by atoms with Crippen LogP contribution in [0.4, 0.5) is 4.79 Å². The Morgan fingerprint density at radius 3 is 2.86 bits per heavy atom. The summed E-state index contributed by atoms with van der Waals surface area (Å²) in [6, 6.07) is 3.16. The van der Waals surface area contributed by atoms with E-state index in [1.165, 1.54) is 18.9 Å². The molecule has 1 aromatic rings. The molecular weight excluding hydrogens is 272 g/mol. The van der Waals surface area contributed by atoms with Gasteiger partial charge in [-0.15, -0.1) is 0 Å². The molecular formula is C15H22N2O4. The molecule has 1 fully saturated rings. The van der Waals surface area contributed by atoms with E-state index < -0.39 is 5.97 Å². The van der Waals surface area contributed by atoms with Gasteiger partial charge in [-0.05, 0) is 31.4 Å². The molecule has 2 amide bonds. The highest BCUT2D eigenvalue weighted by Gasteiger charge is 2.24. The molecule has 1 aliphatic heterocycles. The molecule has 6 nitrogen and oxygen atoms in total. The molecule has 1 unspecified atom stereocenters. The highest BCUT2D eigenvalue weighted by Crippen LogP contribution is 2.19. The first-order valence-corrected chi connectivity index (χ1v) is 7.48. The molecule has 2 rings (SSSR count). The van der Waals surface area contributed by atoms with Crippen LogP contribution in [0.1, 0.15) is 55.3 Å². The van der Waals surface area contributed by atoms with Crippen molar-refractivity contribution >= 4 is 12.0 Å². The quantitative estimate of drug-likeness (QED) is 0.894. The number of nitrogens with zero attached hydrogens (tertiary/aromatic N) is 1. The van der Waals surface area contributed by atoms with Crippen molar-refractivity contribution in [2.45, 2.75) is 51.6 Å².